The molecule has 0 aliphatic rings. The lowest BCUT2D eigenvalue weighted by atomic mass is 10.1. The second-order valence-corrected chi connectivity index (χ2v) is 4.39. The molecule has 4 heteroatoms. The van der Waals surface area contributed by atoms with Crippen LogP contribution in [-0.4, -0.2) is 0 Å². The molecule has 0 N–H and O–H groups in total. The van der Waals surface area contributed by atoms with Gasteiger partial charge in [-0.25, -0.2) is 0 Å². The lowest BCUT2D eigenvalue weighted by molar-refractivity contribution is 1.46. The van der Waals surface area contributed by atoms with Crippen molar-refractivity contribution in [3.05, 3.63) is 33.7 Å². The Bertz CT molecular complexity index is 586. The van der Waals surface area contributed by atoms with Gasteiger partial charge in [0.15, 0.2) is 0 Å². The minimum absolute atomic E-state index is 0.398. The van der Waals surface area contributed by atoms with Crippen molar-refractivity contribution >= 4 is 33.0 Å². The van der Waals surface area contributed by atoms with Crippen LogP contribution >= 0.6 is 22.9 Å². The van der Waals surface area contributed by atoms with E-state index in [0.29, 0.717) is 15.5 Å². The van der Waals surface area contributed by atoms with Gasteiger partial charge in [-0.3, -0.25) is 0 Å². The molecule has 0 amide bonds. The summed E-state index contributed by atoms with van der Waals surface area (Å²) in [4.78, 5) is 0. The normalized spacial score (nSPS) is 9.64. The van der Waals surface area contributed by atoms with E-state index in [1.165, 1.54) is 11.3 Å². The Morgan fingerprint density at radius 3 is 2.64 bits per heavy atom. The van der Waals surface area contributed by atoms with Crippen LogP contribution in [0.5, 0.6) is 0 Å². The molecule has 1 aromatic heterocycles. The highest BCUT2D eigenvalue weighted by Crippen LogP contribution is 2.32. The van der Waals surface area contributed by atoms with Crippen molar-refractivity contribution in [1.29, 1.82) is 10.5 Å². The molecule has 0 radical (unpaired) electrons. The highest BCUT2D eigenvalue weighted by Gasteiger charge is 2.09. The molecule has 2 rings (SSSR count). The molecule has 0 aliphatic heterocycles. The highest BCUT2D eigenvalue weighted by molar-refractivity contribution is 7.22. The van der Waals surface area contributed by atoms with Crippen LogP contribution in [0.3, 0.4) is 0 Å². The second kappa shape index (κ2) is 3.31. The molecule has 14 heavy (non-hydrogen) atoms. The Kier molecular flexibility index (Phi) is 2.13. The van der Waals surface area contributed by atoms with Gasteiger partial charge in [0.25, 0.3) is 0 Å². The fraction of sp³-hybridized carbons (Fsp3) is 0. The van der Waals surface area contributed by atoms with E-state index in [1.54, 1.807) is 12.1 Å². The van der Waals surface area contributed by atoms with Crippen molar-refractivity contribution in [1.82, 2.24) is 0 Å². The molecule has 1 heterocycles. The average molecular weight is 219 g/mol. The lowest BCUT2D eigenvalue weighted by Gasteiger charge is -1.94. The summed E-state index contributed by atoms with van der Waals surface area (Å²) in [6.07, 6.45) is 0. The summed E-state index contributed by atoms with van der Waals surface area (Å²) in [6.45, 7) is 0. The third-order valence-electron chi connectivity index (χ3n) is 1.90. The summed E-state index contributed by atoms with van der Waals surface area (Å²) in [7, 11) is 0. The van der Waals surface area contributed by atoms with Crippen LogP contribution < -0.4 is 0 Å². The molecular formula is C10H3ClN2S. The molecule has 0 bridgehead atoms. The van der Waals surface area contributed by atoms with Crippen molar-refractivity contribution < 1.29 is 0 Å². The molecule has 0 aliphatic carbocycles. The number of nitriles is 2. The van der Waals surface area contributed by atoms with E-state index in [2.05, 4.69) is 0 Å². The first-order valence-electron chi connectivity index (χ1n) is 3.78. The maximum Gasteiger partial charge on any atom is 0.101 e. The summed E-state index contributed by atoms with van der Waals surface area (Å²) in [5.74, 6) is 0. The SMILES string of the molecule is N#Cc1ccc2sc(Cl)cc2c1C#N. The Morgan fingerprint density at radius 2 is 2.00 bits per heavy atom. The minimum Gasteiger partial charge on any atom is -0.192 e. The van der Waals surface area contributed by atoms with Crippen LogP contribution in [0.1, 0.15) is 11.1 Å². The molecule has 2 nitrogen and oxygen atoms in total. The van der Waals surface area contributed by atoms with Crippen molar-refractivity contribution in [2.45, 2.75) is 0 Å². The van der Waals surface area contributed by atoms with Crippen LogP contribution in [0, 0.1) is 22.7 Å². The third kappa shape index (κ3) is 1.24. The van der Waals surface area contributed by atoms with E-state index in [0.717, 1.165) is 10.1 Å². The Labute approximate surface area is 89.6 Å². The monoisotopic (exact) mass is 218 g/mol. The summed E-state index contributed by atoms with van der Waals surface area (Å²) >= 11 is 7.24. The van der Waals surface area contributed by atoms with Gasteiger partial charge in [0.05, 0.1) is 15.5 Å². The van der Waals surface area contributed by atoms with Gasteiger partial charge in [-0.15, -0.1) is 11.3 Å². The molecule has 0 saturated carbocycles. The summed E-state index contributed by atoms with van der Waals surface area (Å²) < 4.78 is 1.57. The summed E-state index contributed by atoms with van der Waals surface area (Å²) in [5, 5.41) is 18.5. The number of benzene rings is 1. The molecule has 0 unspecified atom stereocenters. The van der Waals surface area contributed by atoms with Gasteiger partial charge in [0.1, 0.15) is 12.1 Å². The number of hydrogen-bond acceptors (Lipinski definition) is 3. The van der Waals surface area contributed by atoms with E-state index < -0.39 is 0 Å². The van der Waals surface area contributed by atoms with Crippen molar-refractivity contribution in [2.24, 2.45) is 0 Å². The number of fused-ring (bicyclic) bond motifs is 1. The van der Waals surface area contributed by atoms with Gasteiger partial charge in [-0.1, -0.05) is 11.6 Å². The molecule has 0 spiro atoms. The standard InChI is InChI=1S/C10H3ClN2S/c11-10-3-7-8(5-13)6(4-12)1-2-9(7)14-10/h1-3H. The van der Waals surface area contributed by atoms with Gasteiger partial charge >= 0.3 is 0 Å². The van der Waals surface area contributed by atoms with Gasteiger partial charge in [-0.05, 0) is 18.2 Å². The first kappa shape index (κ1) is 9.02. The van der Waals surface area contributed by atoms with Gasteiger partial charge in [-0.2, -0.15) is 10.5 Å². The number of nitrogens with zero attached hydrogens (tertiary/aromatic N) is 2. The Morgan fingerprint density at radius 1 is 1.21 bits per heavy atom. The van der Waals surface area contributed by atoms with Crippen LogP contribution in [-0.2, 0) is 0 Å². The third-order valence-corrected chi connectivity index (χ3v) is 3.13. The van der Waals surface area contributed by atoms with Crippen molar-refractivity contribution in [2.75, 3.05) is 0 Å². The minimum atomic E-state index is 0.398. The molecular weight excluding hydrogens is 216 g/mol. The summed E-state index contributed by atoms with van der Waals surface area (Å²) in [6, 6.07) is 9.20. The quantitative estimate of drug-likeness (QED) is 0.681. The molecule has 2 aromatic rings. The van der Waals surface area contributed by atoms with Gasteiger partial charge in [0, 0.05) is 10.1 Å². The lowest BCUT2D eigenvalue weighted by Crippen LogP contribution is -1.82. The summed E-state index contributed by atoms with van der Waals surface area (Å²) in [5.41, 5.74) is 0.808. The van der Waals surface area contributed by atoms with Crippen molar-refractivity contribution in [3.63, 3.8) is 0 Å². The zero-order valence-corrected chi connectivity index (χ0v) is 8.49. The molecule has 0 fully saturated rings. The van der Waals surface area contributed by atoms with Gasteiger partial charge in [0.2, 0.25) is 0 Å². The molecule has 66 valence electrons. The Balaban J connectivity index is 2.93. The highest BCUT2D eigenvalue weighted by atomic mass is 35.5. The molecule has 1 aromatic carbocycles. The maximum absolute atomic E-state index is 8.92. The first-order chi connectivity index (χ1) is 6.76. The zero-order chi connectivity index (χ0) is 10.1. The zero-order valence-electron chi connectivity index (χ0n) is 6.91. The Hall–Kier alpha value is -1.55. The first-order valence-corrected chi connectivity index (χ1v) is 4.98. The van der Waals surface area contributed by atoms with Crippen LogP contribution in [0.2, 0.25) is 4.34 Å². The maximum atomic E-state index is 8.92. The van der Waals surface area contributed by atoms with E-state index in [4.69, 9.17) is 22.1 Å². The molecule has 0 saturated heterocycles. The predicted octanol–water partition coefficient (Wildman–Crippen LogP) is 3.30. The topological polar surface area (TPSA) is 47.6 Å². The fourth-order valence-electron chi connectivity index (χ4n) is 1.29. The number of hydrogen-bond donors (Lipinski definition) is 0. The van der Waals surface area contributed by atoms with E-state index >= 15 is 0 Å². The number of halogens is 1. The molecule has 0 atom stereocenters. The number of thiophene rings is 1. The van der Waals surface area contributed by atoms with E-state index in [1.807, 2.05) is 18.2 Å². The van der Waals surface area contributed by atoms with Crippen LogP contribution in [0.4, 0.5) is 0 Å². The fourth-order valence-corrected chi connectivity index (χ4v) is 2.45. The van der Waals surface area contributed by atoms with E-state index in [9.17, 15) is 0 Å². The van der Waals surface area contributed by atoms with Crippen LogP contribution in [0.25, 0.3) is 10.1 Å². The van der Waals surface area contributed by atoms with Crippen LogP contribution in [0.15, 0.2) is 18.2 Å². The number of rotatable bonds is 0. The smallest absolute Gasteiger partial charge is 0.101 e. The van der Waals surface area contributed by atoms with Gasteiger partial charge < -0.3 is 0 Å². The predicted molar refractivity (Wildman–Crippen MR) is 56.3 cm³/mol. The van der Waals surface area contributed by atoms with E-state index in [-0.39, 0.29) is 0 Å². The average Bonchev–Trinajstić information content (AvgIpc) is 2.56. The van der Waals surface area contributed by atoms with Crippen molar-refractivity contribution in [3.8, 4) is 12.1 Å². The second-order valence-electron chi connectivity index (χ2n) is 2.67. The largest absolute Gasteiger partial charge is 0.192 e.